The fourth-order valence-corrected chi connectivity index (χ4v) is 1.14. The summed E-state index contributed by atoms with van der Waals surface area (Å²) in [7, 11) is 0. The highest BCUT2D eigenvalue weighted by Gasteiger charge is 2.18. The number of nitrogens with zero attached hydrogens (tertiary/aromatic N) is 1. The molecule has 0 aromatic rings. The minimum Gasteiger partial charge on any atom is -0.479 e. The summed E-state index contributed by atoms with van der Waals surface area (Å²) in [5, 5.41) is 22.2. The van der Waals surface area contributed by atoms with Crippen molar-refractivity contribution < 1.29 is 24.6 Å². The third-order valence-electron chi connectivity index (χ3n) is 2.11. The Hall–Kier alpha value is -1.83. The maximum absolute atomic E-state index is 11.6. The molecule has 0 rings (SSSR count). The van der Waals surface area contributed by atoms with Gasteiger partial charge in [0.05, 0.1) is 6.54 Å². The molecular formula is C10H19N3O5. The Morgan fingerprint density at radius 1 is 1.22 bits per heavy atom. The number of hydrogen-bond acceptors (Lipinski definition) is 4. The van der Waals surface area contributed by atoms with Crippen LogP contribution in [-0.4, -0.2) is 65.3 Å². The van der Waals surface area contributed by atoms with Crippen LogP contribution in [0.5, 0.6) is 0 Å². The molecule has 0 aliphatic heterocycles. The number of rotatable bonds is 7. The molecule has 0 aromatic heterocycles. The lowest BCUT2D eigenvalue weighted by Gasteiger charge is -2.21. The number of aliphatic hydroxyl groups excluding tert-OH is 1. The first-order valence-electron chi connectivity index (χ1n) is 5.62. The first-order chi connectivity index (χ1) is 8.42. The predicted molar refractivity (Wildman–Crippen MR) is 63.0 cm³/mol. The van der Waals surface area contributed by atoms with E-state index in [0.717, 1.165) is 0 Å². The molecule has 18 heavy (non-hydrogen) atoms. The van der Waals surface area contributed by atoms with Crippen molar-refractivity contribution in [2.24, 2.45) is 0 Å². The van der Waals surface area contributed by atoms with Crippen LogP contribution in [0.25, 0.3) is 0 Å². The van der Waals surface area contributed by atoms with Gasteiger partial charge in [0, 0.05) is 13.1 Å². The fourth-order valence-electron chi connectivity index (χ4n) is 1.14. The molecule has 0 radical (unpaired) electrons. The Morgan fingerprint density at radius 3 is 2.28 bits per heavy atom. The SMILES string of the molecule is CCNC(=O)CN(CC)C(=O)NC[C@H](O)C(=O)O. The van der Waals surface area contributed by atoms with Crippen molar-refractivity contribution in [2.75, 3.05) is 26.2 Å². The average Bonchev–Trinajstić information content (AvgIpc) is 2.32. The van der Waals surface area contributed by atoms with Gasteiger partial charge in [-0.15, -0.1) is 0 Å². The number of nitrogens with one attached hydrogen (secondary N) is 2. The van der Waals surface area contributed by atoms with E-state index in [1.165, 1.54) is 4.90 Å². The summed E-state index contributed by atoms with van der Waals surface area (Å²) in [5.74, 6) is -1.71. The Bertz CT molecular complexity index is 308. The van der Waals surface area contributed by atoms with Crippen LogP contribution in [-0.2, 0) is 9.59 Å². The van der Waals surface area contributed by atoms with Crippen LogP contribution in [0.4, 0.5) is 4.79 Å². The molecule has 4 N–H and O–H groups in total. The van der Waals surface area contributed by atoms with Crippen molar-refractivity contribution in [2.45, 2.75) is 20.0 Å². The van der Waals surface area contributed by atoms with Gasteiger partial charge in [-0.2, -0.15) is 0 Å². The second kappa shape index (κ2) is 8.29. The van der Waals surface area contributed by atoms with Crippen LogP contribution in [0.2, 0.25) is 0 Å². The number of aliphatic hydroxyl groups is 1. The van der Waals surface area contributed by atoms with E-state index in [9.17, 15) is 14.4 Å². The minimum absolute atomic E-state index is 0.112. The van der Waals surface area contributed by atoms with Crippen LogP contribution >= 0.6 is 0 Å². The van der Waals surface area contributed by atoms with Gasteiger partial charge in [-0.05, 0) is 13.8 Å². The normalized spacial score (nSPS) is 11.5. The number of likely N-dealkylation sites (N-methyl/N-ethyl adjacent to an activating group) is 2. The highest BCUT2D eigenvalue weighted by molar-refractivity contribution is 5.84. The number of urea groups is 1. The highest BCUT2D eigenvalue weighted by atomic mass is 16.4. The first kappa shape index (κ1) is 16.2. The van der Waals surface area contributed by atoms with Crippen LogP contribution in [0.1, 0.15) is 13.8 Å². The molecule has 1 atom stereocenters. The Kier molecular flexibility index (Phi) is 7.45. The highest BCUT2D eigenvalue weighted by Crippen LogP contribution is 1.90. The Balaban J connectivity index is 4.18. The molecule has 0 unspecified atom stereocenters. The molecule has 8 nitrogen and oxygen atoms in total. The average molecular weight is 261 g/mol. The topological polar surface area (TPSA) is 119 Å². The van der Waals surface area contributed by atoms with Gasteiger partial charge >= 0.3 is 12.0 Å². The van der Waals surface area contributed by atoms with E-state index >= 15 is 0 Å². The fraction of sp³-hybridized carbons (Fsp3) is 0.700. The van der Waals surface area contributed by atoms with Gasteiger partial charge in [-0.25, -0.2) is 9.59 Å². The summed E-state index contributed by atoms with van der Waals surface area (Å²) in [6.07, 6.45) is -1.66. The molecule has 104 valence electrons. The van der Waals surface area contributed by atoms with E-state index in [1.54, 1.807) is 13.8 Å². The monoisotopic (exact) mass is 261 g/mol. The number of aliphatic carboxylic acids is 1. The largest absolute Gasteiger partial charge is 0.479 e. The lowest BCUT2D eigenvalue weighted by molar-refractivity contribution is -0.146. The quantitative estimate of drug-likeness (QED) is 0.449. The standard InChI is InChI=1S/C10H19N3O5/c1-3-11-8(15)6-13(4-2)10(18)12-5-7(14)9(16)17/h7,14H,3-6H2,1-2H3,(H,11,15)(H,12,18)(H,16,17)/t7-/m0/s1. The van der Waals surface area contributed by atoms with Crippen LogP contribution in [0.3, 0.4) is 0 Å². The van der Waals surface area contributed by atoms with E-state index in [-0.39, 0.29) is 12.5 Å². The molecule has 8 heteroatoms. The molecule has 0 saturated carbocycles. The maximum atomic E-state index is 11.6. The number of carbonyl (C=O) groups excluding carboxylic acids is 2. The molecule has 0 fully saturated rings. The summed E-state index contributed by atoms with van der Waals surface area (Å²) in [6, 6.07) is -0.593. The molecule has 0 aliphatic carbocycles. The first-order valence-corrected chi connectivity index (χ1v) is 5.62. The van der Waals surface area contributed by atoms with Gasteiger partial charge in [0.2, 0.25) is 5.91 Å². The number of carbonyl (C=O) groups is 3. The number of carboxylic acid groups (broad SMARTS) is 1. The summed E-state index contributed by atoms with van der Waals surface area (Å²) in [6.45, 7) is 3.70. The predicted octanol–water partition coefficient (Wildman–Crippen LogP) is -1.40. The van der Waals surface area contributed by atoms with Crippen molar-refractivity contribution in [3.05, 3.63) is 0 Å². The Morgan fingerprint density at radius 2 is 1.83 bits per heavy atom. The third kappa shape index (κ3) is 6.04. The lowest BCUT2D eigenvalue weighted by atomic mass is 10.3. The molecule has 0 saturated heterocycles. The molecule has 0 aromatic carbocycles. The van der Waals surface area contributed by atoms with Gasteiger partial charge in [0.15, 0.2) is 6.10 Å². The summed E-state index contributed by atoms with van der Waals surface area (Å²) in [5.41, 5.74) is 0. The lowest BCUT2D eigenvalue weighted by Crippen LogP contribution is -2.47. The summed E-state index contributed by atoms with van der Waals surface area (Å²) >= 11 is 0. The molecule has 0 aliphatic rings. The van der Waals surface area contributed by atoms with Gasteiger partial charge in [0.25, 0.3) is 0 Å². The minimum atomic E-state index is -1.66. The van der Waals surface area contributed by atoms with Crippen molar-refractivity contribution in [3.8, 4) is 0 Å². The molecule has 0 bridgehead atoms. The second-order valence-electron chi connectivity index (χ2n) is 3.51. The zero-order chi connectivity index (χ0) is 14.1. The molecule has 3 amide bonds. The van der Waals surface area contributed by atoms with Crippen molar-refractivity contribution in [1.29, 1.82) is 0 Å². The number of carboxylic acids is 1. The molecular weight excluding hydrogens is 242 g/mol. The van der Waals surface area contributed by atoms with Crippen LogP contribution in [0.15, 0.2) is 0 Å². The van der Waals surface area contributed by atoms with E-state index in [0.29, 0.717) is 13.1 Å². The van der Waals surface area contributed by atoms with E-state index in [1.807, 2.05) is 0 Å². The van der Waals surface area contributed by atoms with E-state index in [4.69, 9.17) is 10.2 Å². The zero-order valence-electron chi connectivity index (χ0n) is 10.5. The van der Waals surface area contributed by atoms with Gasteiger partial charge in [-0.3, -0.25) is 4.79 Å². The molecule has 0 heterocycles. The van der Waals surface area contributed by atoms with Gasteiger partial charge in [0.1, 0.15) is 6.54 Å². The van der Waals surface area contributed by atoms with Gasteiger partial charge < -0.3 is 25.7 Å². The number of hydrogen-bond donors (Lipinski definition) is 4. The van der Waals surface area contributed by atoms with Crippen LogP contribution < -0.4 is 10.6 Å². The maximum Gasteiger partial charge on any atom is 0.334 e. The summed E-state index contributed by atoms with van der Waals surface area (Å²) in [4.78, 5) is 34.4. The number of amides is 3. The molecule has 0 spiro atoms. The van der Waals surface area contributed by atoms with Crippen LogP contribution in [0, 0.1) is 0 Å². The van der Waals surface area contributed by atoms with E-state index < -0.39 is 24.6 Å². The Labute approximate surface area is 105 Å². The van der Waals surface area contributed by atoms with Crippen molar-refractivity contribution in [3.63, 3.8) is 0 Å². The van der Waals surface area contributed by atoms with Crippen molar-refractivity contribution >= 4 is 17.9 Å². The third-order valence-corrected chi connectivity index (χ3v) is 2.11. The second-order valence-corrected chi connectivity index (χ2v) is 3.51. The smallest absolute Gasteiger partial charge is 0.334 e. The summed E-state index contributed by atoms with van der Waals surface area (Å²) < 4.78 is 0. The van der Waals surface area contributed by atoms with Crippen molar-refractivity contribution in [1.82, 2.24) is 15.5 Å². The van der Waals surface area contributed by atoms with Gasteiger partial charge in [-0.1, -0.05) is 0 Å². The van der Waals surface area contributed by atoms with E-state index in [2.05, 4.69) is 10.6 Å². The zero-order valence-corrected chi connectivity index (χ0v) is 10.5.